The minimum Gasteiger partial charge on any atom is -0.310 e. The molecule has 0 saturated carbocycles. The smallest absolute Gasteiger partial charge is 0.208 e. The minimum atomic E-state index is -3.08. The number of hydrogen-bond acceptors (Lipinski definition) is 4. The quantitative estimate of drug-likeness (QED) is 0.691. The van der Waals surface area contributed by atoms with Crippen molar-refractivity contribution in [2.24, 2.45) is 0 Å². The number of hydrogen-bond donors (Lipinski definition) is 2. The van der Waals surface area contributed by atoms with Crippen molar-refractivity contribution < 1.29 is 8.42 Å². The van der Waals surface area contributed by atoms with E-state index in [0.717, 1.165) is 17.5 Å². The lowest BCUT2D eigenvalue weighted by Crippen LogP contribution is -2.30. The van der Waals surface area contributed by atoms with Crippen LogP contribution in [0.3, 0.4) is 0 Å². The van der Waals surface area contributed by atoms with Gasteiger partial charge < -0.3 is 5.32 Å². The van der Waals surface area contributed by atoms with Crippen LogP contribution in [0.4, 0.5) is 0 Å². The summed E-state index contributed by atoms with van der Waals surface area (Å²) in [6, 6.07) is 3.95. The fourth-order valence-electron chi connectivity index (χ4n) is 1.14. The molecule has 1 rings (SSSR count). The highest BCUT2D eigenvalue weighted by Gasteiger charge is 1.98. The Morgan fingerprint density at radius 3 is 2.62 bits per heavy atom. The van der Waals surface area contributed by atoms with Crippen molar-refractivity contribution in [3.63, 3.8) is 0 Å². The minimum absolute atomic E-state index is 0.394. The molecule has 0 radical (unpaired) electrons. The van der Waals surface area contributed by atoms with Crippen LogP contribution in [-0.2, 0) is 16.6 Å². The van der Waals surface area contributed by atoms with Gasteiger partial charge in [-0.2, -0.15) is 0 Å². The topological polar surface area (TPSA) is 71.1 Å². The zero-order chi connectivity index (χ0) is 12.0. The summed E-state index contributed by atoms with van der Waals surface area (Å²) in [6.45, 7) is 3.61. The van der Waals surface area contributed by atoms with E-state index in [1.165, 1.54) is 0 Å². The van der Waals surface area contributed by atoms with Crippen LogP contribution in [0.2, 0.25) is 0 Å². The third-order valence-electron chi connectivity index (χ3n) is 1.94. The number of pyridine rings is 1. The van der Waals surface area contributed by atoms with E-state index < -0.39 is 10.0 Å². The molecule has 5 nitrogen and oxygen atoms in total. The van der Waals surface area contributed by atoms with Gasteiger partial charge in [-0.15, -0.1) is 0 Å². The third kappa shape index (κ3) is 5.79. The van der Waals surface area contributed by atoms with E-state index in [0.29, 0.717) is 19.6 Å². The van der Waals surface area contributed by atoms with Crippen molar-refractivity contribution in [1.82, 2.24) is 15.0 Å². The molecule has 1 aromatic rings. The average Bonchev–Trinajstić information content (AvgIpc) is 2.19. The van der Waals surface area contributed by atoms with Gasteiger partial charge in [0.15, 0.2) is 0 Å². The molecule has 0 fully saturated rings. The van der Waals surface area contributed by atoms with Crippen molar-refractivity contribution in [1.29, 1.82) is 0 Å². The zero-order valence-corrected chi connectivity index (χ0v) is 10.3. The number of nitrogens with one attached hydrogen (secondary N) is 2. The lowest BCUT2D eigenvalue weighted by atomic mass is 10.3. The maximum absolute atomic E-state index is 10.8. The number of sulfonamides is 1. The highest BCUT2D eigenvalue weighted by Crippen LogP contribution is 1.97. The van der Waals surface area contributed by atoms with E-state index in [9.17, 15) is 8.42 Å². The van der Waals surface area contributed by atoms with Crippen LogP contribution in [0, 0.1) is 6.92 Å². The van der Waals surface area contributed by atoms with Crippen LogP contribution in [0.15, 0.2) is 18.3 Å². The first-order valence-corrected chi connectivity index (χ1v) is 6.93. The van der Waals surface area contributed by atoms with Gasteiger partial charge in [0.05, 0.1) is 11.9 Å². The highest BCUT2D eigenvalue weighted by atomic mass is 32.2. The van der Waals surface area contributed by atoms with E-state index in [1.807, 2.05) is 25.3 Å². The van der Waals surface area contributed by atoms with Gasteiger partial charge in [-0.1, -0.05) is 6.07 Å². The Morgan fingerprint density at radius 1 is 1.31 bits per heavy atom. The molecule has 0 aliphatic heterocycles. The largest absolute Gasteiger partial charge is 0.310 e. The van der Waals surface area contributed by atoms with Crippen molar-refractivity contribution in [2.45, 2.75) is 13.5 Å². The van der Waals surface area contributed by atoms with E-state index in [4.69, 9.17) is 0 Å². The second kappa shape index (κ2) is 5.93. The zero-order valence-electron chi connectivity index (χ0n) is 9.53. The lowest BCUT2D eigenvalue weighted by molar-refractivity contribution is 0.581. The summed E-state index contributed by atoms with van der Waals surface area (Å²) in [6.07, 6.45) is 2.96. The molecule has 6 heteroatoms. The SMILES string of the molecule is Cc1ccc(CNCCNS(C)(=O)=O)nc1. The van der Waals surface area contributed by atoms with Gasteiger partial charge in [-0.3, -0.25) is 4.98 Å². The van der Waals surface area contributed by atoms with Crippen LogP contribution >= 0.6 is 0 Å². The van der Waals surface area contributed by atoms with Crippen LogP contribution in [0.5, 0.6) is 0 Å². The van der Waals surface area contributed by atoms with Gasteiger partial charge in [-0.05, 0) is 18.6 Å². The van der Waals surface area contributed by atoms with Gasteiger partial charge in [-0.25, -0.2) is 13.1 Å². The molecule has 0 bridgehead atoms. The summed E-state index contributed by atoms with van der Waals surface area (Å²) in [5.41, 5.74) is 2.08. The van der Waals surface area contributed by atoms with E-state index in [-0.39, 0.29) is 0 Å². The Hall–Kier alpha value is -0.980. The molecular weight excluding hydrogens is 226 g/mol. The fourth-order valence-corrected chi connectivity index (χ4v) is 1.62. The molecule has 0 atom stereocenters. The standard InChI is InChI=1S/C10H17N3O2S/c1-9-3-4-10(12-7-9)8-11-5-6-13-16(2,14)15/h3-4,7,11,13H,5-6,8H2,1-2H3. The molecule has 0 aliphatic rings. The van der Waals surface area contributed by atoms with Gasteiger partial charge in [0.1, 0.15) is 0 Å². The summed E-state index contributed by atoms with van der Waals surface area (Å²) in [5.74, 6) is 0. The molecule has 90 valence electrons. The molecule has 1 aromatic heterocycles. The number of aryl methyl sites for hydroxylation is 1. The van der Waals surface area contributed by atoms with Crippen LogP contribution in [0.1, 0.15) is 11.3 Å². The maximum atomic E-state index is 10.8. The molecular formula is C10H17N3O2S. The molecule has 0 unspecified atom stereocenters. The predicted molar refractivity (Wildman–Crippen MR) is 63.5 cm³/mol. The number of aromatic nitrogens is 1. The Kier molecular flexibility index (Phi) is 4.85. The van der Waals surface area contributed by atoms with Gasteiger partial charge in [0, 0.05) is 25.8 Å². The summed E-state index contributed by atoms with van der Waals surface area (Å²) in [7, 11) is -3.08. The van der Waals surface area contributed by atoms with Crippen molar-refractivity contribution in [3.05, 3.63) is 29.6 Å². The van der Waals surface area contributed by atoms with E-state index in [2.05, 4.69) is 15.0 Å². The molecule has 0 amide bonds. The van der Waals surface area contributed by atoms with Crippen LogP contribution < -0.4 is 10.0 Å². The third-order valence-corrected chi connectivity index (χ3v) is 2.67. The first-order valence-electron chi connectivity index (χ1n) is 5.04. The Bertz CT molecular complexity index is 414. The van der Waals surface area contributed by atoms with Gasteiger partial charge in [0.2, 0.25) is 10.0 Å². The van der Waals surface area contributed by atoms with Gasteiger partial charge >= 0.3 is 0 Å². The highest BCUT2D eigenvalue weighted by molar-refractivity contribution is 7.88. The van der Waals surface area contributed by atoms with E-state index in [1.54, 1.807) is 0 Å². The number of rotatable bonds is 6. The first-order chi connectivity index (χ1) is 7.47. The fraction of sp³-hybridized carbons (Fsp3) is 0.500. The molecule has 0 saturated heterocycles. The molecule has 2 N–H and O–H groups in total. The maximum Gasteiger partial charge on any atom is 0.208 e. The normalized spacial score (nSPS) is 11.6. The van der Waals surface area contributed by atoms with Crippen molar-refractivity contribution >= 4 is 10.0 Å². The Labute approximate surface area is 96.3 Å². The first kappa shape index (κ1) is 13.1. The number of nitrogens with zero attached hydrogens (tertiary/aromatic N) is 1. The molecule has 16 heavy (non-hydrogen) atoms. The summed E-state index contributed by atoms with van der Waals surface area (Å²) in [5, 5.41) is 3.10. The molecule has 0 aromatic carbocycles. The predicted octanol–water partition coefficient (Wildman–Crippen LogP) is 0.0288. The second-order valence-corrected chi connectivity index (χ2v) is 5.50. The Morgan fingerprint density at radius 2 is 2.06 bits per heavy atom. The van der Waals surface area contributed by atoms with E-state index >= 15 is 0 Å². The second-order valence-electron chi connectivity index (χ2n) is 3.67. The molecule has 0 aliphatic carbocycles. The lowest BCUT2D eigenvalue weighted by Gasteiger charge is -2.05. The van der Waals surface area contributed by atoms with Crippen LogP contribution in [-0.4, -0.2) is 32.7 Å². The van der Waals surface area contributed by atoms with Crippen molar-refractivity contribution in [2.75, 3.05) is 19.3 Å². The molecule has 1 heterocycles. The average molecular weight is 243 g/mol. The molecule has 0 spiro atoms. The van der Waals surface area contributed by atoms with Gasteiger partial charge in [0.25, 0.3) is 0 Å². The van der Waals surface area contributed by atoms with Crippen LogP contribution in [0.25, 0.3) is 0 Å². The Balaban J connectivity index is 2.19. The summed E-state index contributed by atoms with van der Waals surface area (Å²) in [4.78, 5) is 4.22. The monoisotopic (exact) mass is 243 g/mol. The summed E-state index contributed by atoms with van der Waals surface area (Å²) >= 11 is 0. The van der Waals surface area contributed by atoms with Crippen molar-refractivity contribution in [3.8, 4) is 0 Å². The summed E-state index contributed by atoms with van der Waals surface area (Å²) < 4.78 is 23.9.